The van der Waals surface area contributed by atoms with Crippen LogP contribution in [0.15, 0.2) is 12.1 Å². The van der Waals surface area contributed by atoms with Crippen molar-refractivity contribution in [2.45, 2.75) is 6.92 Å². The average molecular weight is 202 g/mol. The van der Waals surface area contributed by atoms with Gasteiger partial charge in [0.1, 0.15) is 5.75 Å². The first-order valence-electron chi connectivity index (χ1n) is 3.54. The molecule has 0 atom stereocenters. The van der Waals surface area contributed by atoms with Crippen LogP contribution < -0.4 is 4.74 Å². The molecule has 0 saturated carbocycles. The summed E-state index contributed by atoms with van der Waals surface area (Å²) < 4.78 is 4.91. The summed E-state index contributed by atoms with van der Waals surface area (Å²) >= 11 is 5.72. The number of aryl methyl sites for hydroxylation is 1. The lowest BCUT2D eigenvalue weighted by molar-refractivity contribution is -0.385. The number of nitro groups is 1. The normalized spacial score (nSPS) is 9.77. The predicted octanol–water partition coefficient (Wildman–Crippen LogP) is 2.57. The fourth-order valence-corrected chi connectivity index (χ4v) is 1.23. The lowest BCUT2D eigenvalue weighted by Crippen LogP contribution is -1.93. The highest BCUT2D eigenvalue weighted by Gasteiger charge is 2.14. The molecule has 70 valence electrons. The molecular formula is C8H8ClNO3. The molecule has 0 heterocycles. The van der Waals surface area contributed by atoms with Crippen LogP contribution in [0.1, 0.15) is 5.56 Å². The second-order valence-electron chi connectivity index (χ2n) is 2.53. The van der Waals surface area contributed by atoms with Crippen molar-refractivity contribution in [3.05, 3.63) is 32.8 Å². The molecule has 0 unspecified atom stereocenters. The molecule has 0 aliphatic carbocycles. The molecule has 0 aliphatic rings. The highest BCUT2D eigenvalue weighted by atomic mass is 35.5. The van der Waals surface area contributed by atoms with Gasteiger partial charge in [-0.1, -0.05) is 11.6 Å². The number of methoxy groups -OCH3 is 1. The van der Waals surface area contributed by atoms with Gasteiger partial charge in [-0.25, -0.2) is 0 Å². The van der Waals surface area contributed by atoms with Crippen molar-refractivity contribution in [3.8, 4) is 5.75 Å². The smallest absolute Gasteiger partial charge is 0.274 e. The van der Waals surface area contributed by atoms with Gasteiger partial charge in [-0.3, -0.25) is 10.1 Å². The second-order valence-corrected chi connectivity index (χ2v) is 2.94. The number of halogens is 1. The van der Waals surface area contributed by atoms with Crippen LogP contribution in [-0.2, 0) is 0 Å². The van der Waals surface area contributed by atoms with E-state index in [0.29, 0.717) is 11.3 Å². The van der Waals surface area contributed by atoms with Crippen molar-refractivity contribution < 1.29 is 9.66 Å². The molecule has 0 saturated heterocycles. The molecule has 0 bridgehead atoms. The SMILES string of the molecule is COc1cc(C)c([N+](=O)[O-])cc1Cl. The molecule has 5 heteroatoms. The van der Waals surface area contributed by atoms with Crippen molar-refractivity contribution in [2.75, 3.05) is 7.11 Å². The van der Waals surface area contributed by atoms with Crippen LogP contribution in [0.4, 0.5) is 5.69 Å². The molecule has 0 aliphatic heterocycles. The molecule has 0 aromatic heterocycles. The standard InChI is InChI=1S/C8H8ClNO3/c1-5-3-8(13-2)6(9)4-7(5)10(11)12/h3-4H,1-2H3. The molecule has 13 heavy (non-hydrogen) atoms. The third kappa shape index (κ3) is 1.89. The van der Waals surface area contributed by atoms with E-state index in [1.807, 2.05) is 0 Å². The van der Waals surface area contributed by atoms with Gasteiger partial charge in [0, 0.05) is 11.6 Å². The average Bonchev–Trinajstić information content (AvgIpc) is 2.07. The summed E-state index contributed by atoms with van der Waals surface area (Å²) in [6, 6.07) is 2.83. The molecule has 1 rings (SSSR count). The molecule has 1 aromatic carbocycles. The van der Waals surface area contributed by atoms with E-state index in [-0.39, 0.29) is 10.7 Å². The second kappa shape index (κ2) is 3.62. The maximum absolute atomic E-state index is 10.5. The zero-order valence-electron chi connectivity index (χ0n) is 7.20. The van der Waals surface area contributed by atoms with Gasteiger partial charge in [-0.15, -0.1) is 0 Å². The number of ether oxygens (including phenoxy) is 1. The van der Waals surface area contributed by atoms with E-state index < -0.39 is 4.92 Å². The third-order valence-corrected chi connectivity index (χ3v) is 1.96. The minimum absolute atomic E-state index is 0.00537. The summed E-state index contributed by atoms with van der Waals surface area (Å²) in [5.41, 5.74) is 0.539. The number of hydrogen-bond acceptors (Lipinski definition) is 3. The molecule has 0 N–H and O–H groups in total. The highest BCUT2D eigenvalue weighted by Crippen LogP contribution is 2.31. The quantitative estimate of drug-likeness (QED) is 0.546. The van der Waals surface area contributed by atoms with Crippen molar-refractivity contribution >= 4 is 17.3 Å². The van der Waals surface area contributed by atoms with Crippen molar-refractivity contribution in [1.29, 1.82) is 0 Å². The molecule has 0 radical (unpaired) electrons. The summed E-state index contributed by atoms with van der Waals surface area (Å²) in [5.74, 6) is 0.449. The summed E-state index contributed by atoms with van der Waals surface area (Å²) in [4.78, 5) is 10.0. The molecule has 1 aromatic rings. The van der Waals surface area contributed by atoms with Crippen LogP contribution in [0.2, 0.25) is 5.02 Å². The monoisotopic (exact) mass is 201 g/mol. The van der Waals surface area contributed by atoms with E-state index in [0.717, 1.165) is 0 Å². The topological polar surface area (TPSA) is 52.4 Å². The highest BCUT2D eigenvalue weighted by molar-refractivity contribution is 6.32. The summed E-state index contributed by atoms with van der Waals surface area (Å²) in [6.45, 7) is 1.64. The maximum atomic E-state index is 10.5. The summed E-state index contributed by atoms with van der Waals surface area (Å²) in [5, 5.41) is 10.7. The molecule has 0 amide bonds. The Morgan fingerprint density at radius 2 is 2.15 bits per heavy atom. The maximum Gasteiger partial charge on any atom is 0.274 e. The summed E-state index contributed by atoms with van der Waals surface area (Å²) in [7, 11) is 1.46. The fourth-order valence-electron chi connectivity index (χ4n) is 0.998. The fraction of sp³-hybridized carbons (Fsp3) is 0.250. The van der Waals surface area contributed by atoms with Crippen LogP contribution in [0.3, 0.4) is 0 Å². The van der Waals surface area contributed by atoms with Crippen LogP contribution >= 0.6 is 11.6 Å². The van der Waals surface area contributed by atoms with Crippen molar-refractivity contribution in [2.24, 2.45) is 0 Å². The first-order chi connectivity index (χ1) is 6.06. The summed E-state index contributed by atoms with van der Waals surface area (Å²) in [6.07, 6.45) is 0. The molecular weight excluding hydrogens is 194 g/mol. The van der Waals surface area contributed by atoms with Crippen LogP contribution in [0, 0.1) is 17.0 Å². The van der Waals surface area contributed by atoms with E-state index in [1.54, 1.807) is 13.0 Å². The lowest BCUT2D eigenvalue weighted by atomic mass is 10.2. The van der Waals surface area contributed by atoms with Gasteiger partial charge in [0.05, 0.1) is 17.1 Å². The van der Waals surface area contributed by atoms with E-state index in [9.17, 15) is 10.1 Å². The Morgan fingerprint density at radius 3 is 2.62 bits per heavy atom. The number of nitro benzene ring substituents is 1. The van der Waals surface area contributed by atoms with Crippen LogP contribution in [0.25, 0.3) is 0 Å². The Morgan fingerprint density at radius 1 is 1.54 bits per heavy atom. The Labute approximate surface area is 80.2 Å². The lowest BCUT2D eigenvalue weighted by Gasteiger charge is -2.04. The van der Waals surface area contributed by atoms with Gasteiger partial charge < -0.3 is 4.74 Å². The number of nitrogens with zero attached hydrogens (tertiary/aromatic N) is 1. The van der Waals surface area contributed by atoms with E-state index in [2.05, 4.69) is 0 Å². The first-order valence-corrected chi connectivity index (χ1v) is 3.92. The van der Waals surface area contributed by atoms with Gasteiger partial charge in [0.2, 0.25) is 0 Å². The Hall–Kier alpha value is -1.29. The van der Waals surface area contributed by atoms with E-state index in [4.69, 9.17) is 16.3 Å². The molecule has 4 nitrogen and oxygen atoms in total. The minimum atomic E-state index is -0.472. The molecule has 0 fully saturated rings. The zero-order chi connectivity index (χ0) is 10.0. The predicted molar refractivity (Wildman–Crippen MR) is 49.4 cm³/mol. The van der Waals surface area contributed by atoms with Crippen molar-refractivity contribution in [3.63, 3.8) is 0 Å². The van der Waals surface area contributed by atoms with Gasteiger partial charge >= 0.3 is 0 Å². The molecule has 0 spiro atoms. The Balaban J connectivity index is 3.28. The van der Waals surface area contributed by atoms with E-state index in [1.165, 1.54) is 13.2 Å². The Bertz CT molecular complexity index is 351. The van der Waals surface area contributed by atoms with Gasteiger partial charge in [-0.05, 0) is 13.0 Å². The van der Waals surface area contributed by atoms with Gasteiger partial charge in [-0.2, -0.15) is 0 Å². The van der Waals surface area contributed by atoms with Crippen LogP contribution in [0.5, 0.6) is 5.75 Å². The minimum Gasteiger partial charge on any atom is -0.495 e. The van der Waals surface area contributed by atoms with Crippen LogP contribution in [-0.4, -0.2) is 12.0 Å². The number of benzene rings is 1. The number of hydrogen-bond donors (Lipinski definition) is 0. The zero-order valence-corrected chi connectivity index (χ0v) is 7.96. The van der Waals surface area contributed by atoms with Gasteiger partial charge in [0.25, 0.3) is 5.69 Å². The van der Waals surface area contributed by atoms with E-state index >= 15 is 0 Å². The van der Waals surface area contributed by atoms with Crippen molar-refractivity contribution in [1.82, 2.24) is 0 Å². The number of rotatable bonds is 2. The first kappa shape index (κ1) is 9.80. The Kier molecular flexibility index (Phi) is 2.72. The largest absolute Gasteiger partial charge is 0.495 e. The van der Waals surface area contributed by atoms with Gasteiger partial charge in [0.15, 0.2) is 0 Å². The third-order valence-electron chi connectivity index (χ3n) is 1.67.